The maximum Gasteiger partial charge on any atom is -1.00 e. The molecule has 0 radical (unpaired) electrons. The third kappa shape index (κ3) is 4.95. The first-order chi connectivity index (χ1) is 16.8. The number of allylic oxidation sites excluding steroid dienone is 4. The molecule has 0 nitrogen and oxygen atoms in total. The molecular formula is C33H28Cl2Zr. The summed E-state index contributed by atoms with van der Waals surface area (Å²) in [5.74, 6) is 0. The Hall–Kier alpha value is -2.31. The van der Waals surface area contributed by atoms with Gasteiger partial charge in [0.05, 0.1) is 0 Å². The first kappa shape index (κ1) is 26.7. The van der Waals surface area contributed by atoms with Crippen LogP contribution in [0.5, 0.6) is 0 Å². The zero-order valence-corrected chi connectivity index (χ0v) is 24.3. The minimum absolute atomic E-state index is 0. The molecule has 0 bridgehead atoms. The van der Waals surface area contributed by atoms with Crippen LogP contribution in [-0.2, 0) is 27.7 Å². The number of hydrogen-bond donors (Lipinski definition) is 0. The SMILES string of the molecule is CCC1=CC[C]([Zr+2](=[C](c2ccccc2)c2ccccc2)[c]2cccc3c2Cc2ccccc2-3)=C1.[Cl-].[Cl-]. The number of benzene rings is 4. The Bertz CT molecular complexity index is 1420. The predicted molar refractivity (Wildman–Crippen MR) is 141 cm³/mol. The van der Waals surface area contributed by atoms with E-state index >= 15 is 0 Å². The van der Waals surface area contributed by atoms with Crippen molar-refractivity contribution in [2.75, 3.05) is 0 Å². The smallest absolute Gasteiger partial charge is 1.00 e. The molecule has 6 rings (SSSR count). The summed E-state index contributed by atoms with van der Waals surface area (Å²) < 4.78 is 4.95. The number of fused-ring (bicyclic) bond motifs is 3. The first-order valence-corrected chi connectivity index (χ1v) is 16.0. The van der Waals surface area contributed by atoms with Crippen molar-refractivity contribution in [3.8, 4) is 11.1 Å². The summed E-state index contributed by atoms with van der Waals surface area (Å²) in [4.78, 5) is 0. The van der Waals surface area contributed by atoms with Crippen molar-refractivity contribution in [2.45, 2.75) is 26.2 Å². The molecular weight excluding hydrogens is 558 g/mol. The van der Waals surface area contributed by atoms with Gasteiger partial charge in [0.15, 0.2) is 0 Å². The summed E-state index contributed by atoms with van der Waals surface area (Å²) in [6.45, 7) is 2.28. The fourth-order valence-electron chi connectivity index (χ4n) is 5.53. The molecule has 4 aromatic rings. The van der Waals surface area contributed by atoms with Crippen LogP contribution in [0.2, 0.25) is 0 Å². The molecule has 0 saturated heterocycles. The van der Waals surface area contributed by atoms with Gasteiger partial charge in [-0.1, -0.05) is 0 Å². The Morgan fingerprint density at radius 1 is 0.694 bits per heavy atom. The van der Waals surface area contributed by atoms with E-state index in [1.165, 1.54) is 33.4 Å². The van der Waals surface area contributed by atoms with E-state index in [1.54, 1.807) is 15.3 Å². The fraction of sp³-hybridized carbons (Fsp3) is 0.121. The molecule has 4 aromatic carbocycles. The van der Waals surface area contributed by atoms with E-state index in [-0.39, 0.29) is 24.8 Å². The molecule has 2 aliphatic carbocycles. The average Bonchev–Trinajstić information content (AvgIpc) is 3.53. The molecule has 0 aliphatic heterocycles. The number of halogens is 2. The molecule has 0 spiro atoms. The third-order valence-electron chi connectivity index (χ3n) is 7.17. The van der Waals surface area contributed by atoms with Crippen molar-refractivity contribution in [2.24, 2.45) is 0 Å². The van der Waals surface area contributed by atoms with Gasteiger partial charge in [0.2, 0.25) is 0 Å². The second kappa shape index (κ2) is 11.8. The minimum Gasteiger partial charge on any atom is -1.00 e. The maximum atomic E-state index is 2.56. The van der Waals surface area contributed by atoms with E-state index in [0.29, 0.717) is 0 Å². The molecule has 3 heteroatoms. The summed E-state index contributed by atoms with van der Waals surface area (Å²) >= 11 is -2.52. The van der Waals surface area contributed by atoms with E-state index < -0.39 is 21.3 Å². The van der Waals surface area contributed by atoms with Crippen molar-refractivity contribution in [3.63, 3.8) is 0 Å². The van der Waals surface area contributed by atoms with Crippen LogP contribution in [-0.4, -0.2) is 3.21 Å². The predicted octanol–water partition coefficient (Wildman–Crippen LogP) is 1.40. The molecule has 0 saturated carbocycles. The van der Waals surface area contributed by atoms with E-state index in [1.807, 2.05) is 0 Å². The molecule has 0 aromatic heterocycles. The monoisotopic (exact) mass is 584 g/mol. The van der Waals surface area contributed by atoms with Gasteiger partial charge in [-0.15, -0.1) is 0 Å². The van der Waals surface area contributed by atoms with Crippen LogP contribution in [0.4, 0.5) is 0 Å². The fourth-order valence-corrected chi connectivity index (χ4v) is 13.6. The van der Waals surface area contributed by atoms with Gasteiger partial charge < -0.3 is 24.8 Å². The van der Waals surface area contributed by atoms with E-state index in [0.717, 1.165) is 19.3 Å². The van der Waals surface area contributed by atoms with Crippen LogP contribution in [0, 0.1) is 0 Å². The van der Waals surface area contributed by atoms with E-state index in [2.05, 4.69) is 122 Å². The van der Waals surface area contributed by atoms with Crippen molar-refractivity contribution in [1.82, 2.24) is 0 Å². The van der Waals surface area contributed by atoms with E-state index in [4.69, 9.17) is 0 Å². The van der Waals surface area contributed by atoms with Gasteiger partial charge in [0.25, 0.3) is 0 Å². The number of hydrogen-bond acceptors (Lipinski definition) is 0. The summed E-state index contributed by atoms with van der Waals surface area (Å²) in [6, 6.07) is 38.5. The van der Waals surface area contributed by atoms with Crippen molar-refractivity contribution in [1.29, 1.82) is 0 Å². The number of rotatable bonds is 5. The molecule has 0 unspecified atom stereocenters. The molecule has 0 heterocycles. The Morgan fingerprint density at radius 2 is 1.31 bits per heavy atom. The molecule has 178 valence electrons. The standard InChI is InChI=1S/C13H9.C13H10.C7H9.2ClH.Zr/c1-3-7-12-10(5-1)9-11-6-2-4-8-13(11)12;1-3-7-12(8-4-1)11-13-9-5-2-6-10-13;1-2-7-5-3-4-6-7;;;/h1-5,7-8H,9H2;1-10H;5-6H,2-3H2,1H3;2*1H;/q;;;;;+2/p-2. The van der Waals surface area contributed by atoms with Crippen LogP contribution >= 0.6 is 0 Å². The average molecular weight is 587 g/mol. The summed E-state index contributed by atoms with van der Waals surface area (Å²) in [6.07, 6.45) is 8.31. The second-order valence-electron chi connectivity index (χ2n) is 9.15. The Labute approximate surface area is 234 Å². The zero-order valence-electron chi connectivity index (χ0n) is 20.3. The quantitative estimate of drug-likeness (QED) is 0.292. The molecule has 0 amide bonds. The van der Waals surface area contributed by atoms with Crippen molar-refractivity contribution < 1.29 is 46.1 Å². The van der Waals surface area contributed by atoms with Gasteiger partial charge in [0, 0.05) is 0 Å². The summed E-state index contributed by atoms with van der Waals surface area (Å²) in [7, 11) is 0. The van der Waals surface area contributed by atoms with E-state index in [9.17, 15) is 0 Å². The largest absolute Gasteiger partial charge is 1.00 e. The van der Waals surface area contributed by atoms with Gasteiger partial charge in [-0.2, -0.15) is 0 Å². The van der Waals surface area contributed by atoms with Crippen LogP contribution in [0.1, 0.15) is 42.0 Å². The van der Waals surface area contributed by atoms with Gasteiger partial charge in [-0.25, -0.2) is 0 Å². The topological polar surface area (TPSA) is 0 Å². The first-order valence-electron chi connectivity index (χ1n) is 12.3. The minimum atomic E-state index is -2.52. The summed E-state index contributed by atoms with van der Waals surface area (Å²) in [5, 5.41) is 0. The van der Waals surface area contributed by atoms with Gasteiger partial charge in [0.1, 0.15) is 0 Å². The van der Waals surface area contributed by atoms with Gasteiger partial charge in [-0.05, 0) is 0 Å². The van der Waals surface area contributed by atoms with Crippen molar-refractivity contribution >= 4 is 6.48 Å². The molecule has 36 heavy (non-hydrogen) atoms. The van der Waals surface area contributed by atoms with Gasteiger partial charge >= 0.3 is 211 Å². The Morgan fingerprint density at radius 3 is 1.94 bits per heavy atom. The van der Waals surface area contributed by atoms with Crippen LogP contribution in [0.25, 0.3) is 11.1 Å². The van der Waals surface area contributed by atoms with Crippen LogP contribution < -0.4 is 28.1 Å². The molecule has 0 fully saturated rings. The Balaban J connectivity index is 0.00000152. The van der Waals surface area contributed by atoms with Gasteiger partial charge in [-0.3, -0.25) is 0 Å². The zero-order chi connectivity index (χ0) is 22.9. The second-order valence-corrected chi connectivity index (χ2v) is 15.1. The summed E-state index contributed by atoms with van der Waals surface area (Å²) in [5.41, 5.74) is 10.2. The maximum absolute atomic E-state index is 2.56. The van der Waals surface area contributed by atoms with Crippen LogP contribution in [0.15, 0.2) is 124 Å². The van der Waals surface area contributed by atoms with Crippen LogP contribution in [0.3, 0.4) is 0 Å². The normalized spacial score (nSPS) is 12.7. The molecule has 0 N–H and O–H groups in total. The molecule has 2 aliphatic rings. The Kier molecular flexibility index (Phi) is 8.79. The molecule has 0 atom stereocenters. The van der Waals surface area contributed by atoms with Crippen molar-refractivity contribution in [3.05, 3.63) is 146 Å². The third-order valence-corrected chi connectivity index (χ3v) is 14.7.